The summed E-state index contributed by atoms with van der Waals surface area (Å²) in [6.45, 7) is 2.70. The molecule has 154 valence electrons. The van der Waals surface area contributed by atoms with Crippen LogP contribution in [0.2, 0.25) is 5.02 Å². The van der Waals surface area contributed by atoms with Crippen molar-refractivity contribution in [3.05, 3.63) is 90.0 Å². The molecule has 0 fully saturated rings. The Morgan fingerprint density at radius 3 is 1.87 bits per heavy atom. The maximum atomic E-state index is 13.4. The Labute approximate surface area is 183 Å². The maximum absolute atomic E-state index is 13.4. The third kappa shape index (κ3) is 4.96. The van der Waals surface area contributed by atoms with Crippen LogP contribution in [0.5, 0.6) is 0 Å². The Morgan fingerprint density at radius 1 is 0.900 bits per heavy atom. The van der Waals surface area contributed by atoms with Crippen molar-refractivity contribution in [2.24, 2.45) is 4.15 Å². The van der Waals surface area contributed by atoms with Crippen molar-refractivity contribution in [1.82, 2.24) is 4.90 Å². The van der Waals surface area contributed by atoms with E-state index in [4.69, 9.17) is 11.6 Å². The van der Waals surface area contributed by atoms with Gasteiger partial charge in [0.2, 0.25) is 0 Å². The molecule has 0 aliphatic carbocycles. The van der Waals surface area contributed by atoms with E-state index in [9.17, 15) is 8.42 Å². The van der Waals surface area contributed by atoms with Crippen LogP contribution < -0.4 is 10.6 Å². The Kier molecular flexibility index (Phi) is 7.05. The predicted octanol–water partition coefficient (Wildman–Crippen LogP) is 4.75. The van der Waals surface area contributed by atoms with Gasteiger partial charge < -0.3 is 4.90 Å². The molecule has 0 bridgehead atoms. The van der Waals surface area contributed by atoms with Crippen LogP contribution in [0, 0.1) is 11.7 Å². The molecular weight excluding hydrogens is 435 g/mol. The Hall–Kier alpha value is -2.51. The molecule has 0 aromatic heterocycles. The number of halogens is 1. The molecular formula is C23H22ClN2O2PS. The van der Waals surface area contributed by atoms with E-state index in [0.29, 0.717) is 11.6 Å². The summed E-state index contributed by atoms with van der Waals surface area (Å²) in [5.74, 6) is 0. The second-order valence-corrected chi connectivity index (χ2v) is 11.6. The van der Waals surface area contributed by atoms with E-state index in [0.717, 1.165) is 10.6 Å². The lowest BCUT2D eigenvalue weighted by molar-refractivity contribution is 0.513. The van der Waals surface area contributed by atoms with Crippen LogP contribution in [-0.2, 0) is 10.0 Å². The molecule has 0 saturated heterocycles. The molecule has 7 heteroatoms. The van der Waals surface area contributed by atoms with Gasteiger partial charge in [0, 0.05) is 35.3 Å². The summed E-state index contributed by atoms with van der Waals surface area (Å²) in [6, 6.07) is 28.0. The van der Waals surface area contributed by atoms with Crippen molar-refractivity contribution in [3.8, 4) is 11.7 Å². The van der Waals surface area contributed by atoms with Gasteiger partial charge in [-0.25, -0.2) is 0 Å². The third-order valence-corrected chi connectivity index (χ3v) is 9.95. The minimum atomic E-state index is -3.99. The van der Waals surface area contributed by atoms with Gasteiger partial charge in [0.15, 0.2) is 0 Å². The van der Waals surface area contributed by atoms with E-state index in [1.807, 2.05) is 79.5 Å². The average Bonchev–Trinajstić information content (AvgIpc) is 2.78. The highest BCUT2D eigenvalue weighted by atomic mass is 35.5. The van der Waals surface area contributed by atoms with Crippen molar-refractivity contribution in [2.75, 3.05) is 13.6 Å². The molecule has 0 aliphatic rings. The van der Waals surface area contributed by atoms with Crippen molar-refractivity contribution in [1.29, 1.82) is 0 Å². The molecule has 0 saturated carbocycles. The monoisotopic (exact) mass is 456 g/mol. The van der Waals surface area contributed by atoms with Crippen molar-refractivity contribution < 1.29 is 8.42 Å². The average molecular weight is 457 g/mol. The first-order valence-electron chi connectivity index (χ1n) is 9.37. The van der Waals surface area contributed by atoms with E-state index in [1.54, 1.807) is 12.1 Å². The first-order valence-corrected chi connectivity index (χ1v) is 12.9. The number of benzene rings is 3. The zero-order valence-corrected chi connectivity index (χ0v) is 19.2. The lowest BCUT2D eigenvalue weighted by Gasteiger charge is -2.20. The summed E-state index contributed by atoms with van der Waals surface area (Å²) in [7, 11) is -5.09. The molecule has 3 rings (SSSR count). The van der Waals surface area contributed by atoms with Gasteiger partial charge in [-0.15, -0.1) is 0 Å². The highest BCUT2D eigenvalue weighted by Crippen LogP contribution is 2.48. The van der Waals surface area contributed by atoms with Gasteiger partial charge in [0.1, 0.15) is 7.05 Å². The third-order valence-electron chi connectivity index (χ3n) is 4.48. The number of sulfonamides is 1. The number of hydrogen-bond acceptors (Lipinski definition) is 3. The van der Waals surface area contributed by atoms with Crippen LogP contribution in [0.3, 0.4) is 0 Å². The fourth-order valence-electron chi connectivity index (χ4n) is 2.73. The molecule has 0 spiro atoms. The van der Waals surface area contributed by atoms with E-state index >= 15 is 0 Å². The lowest BCUT2D eigenvalue weighted by atomic mass is 10.4. The molecule has 0 heterocycles. The second kappa shape index (κ2) is 9.53. The van der Waals surface area contributed by atoms with Gasteiger partial charge in [0.25, 0.3) is 10.0 Å². The van der Waals surface area contributed by atoms with Crippen LogP contribution >= 0.6 is 18.7 Å². The van der Waals surface area contributed by atoms with Crippen LogP contribution in [0.25, 0.3) is 0 Å². The first kappa shape index (κ1) is 22.2. The molecule has 0 atom stereocenters. The van der Waals surface area contributed by atoms with Crippen LogP contribution in [0.1, 0.15) is 6.92 Å². The highest BCUT2D eigenvalue weighted by Gasteiger charge is 2.28. The smallest absolute Gasteiger partial charge is 0.282 e. The molecule has 3 aromatic carbocycles. The van der Waals surface area contributed by atoms with E-state index < -0.39 is 17.1 Å². The zero-order chi connectivity index (χ0) is 21.6. The molecule has 0 N–H and O–H groups in total. The second-order valence-electron chi connectivity index (χ2n) is 6.55. The lowest BCUT2D eigenvalue weighted by Crippen LogP contribution is -2.18. The first-order chi connectivity index (χ1) is 14.4. The Bertz CT molecular complexity index is 1170. The van der Waals surface area contributed by atoms with Crippen molar-refractivity contribution >= 4 is 39.3 Å². The molecule has 0 amide bonds. The summed E-state index contributed by atoms with van der Waals surface area (Å²) < 4.78 is 31.2. The van der Waals surface area contributed by atoms with Crippen LogP contribution in [0.15, 0.2) is 94.0 Å². The SMILES string of the molecule is CCN(C)C#CP(=NS(=O)(=O)c1ccc(Cl)cc1)(c1ccccc1)c1ccccc1. The molecule has 30 heavy (non-hydrogen) atoms. The Balaban J connectivity index is 2.39. The molecule has 0 aliphatic heterocycles. The van der Waals surface area contributed by atoms with E-state index in [2.05, 4.69) is 15.9 Å². The largest absolute Gasteiger partial charge is 0.336 e. The van der Waals surface area contributed by atoms with E-state index in [1.165, 1.54) is 12.1 Å². The van der Waals surface area contributed by atoms with Gasteiger partial charge in [-0.3, -0.25) is 0 Å². The molecule has 0 unspecified atom stereocenters. The van der Waals surface area contributed by atoms with Gasteiger partial charge in [0.05, 0.1) is 4.90 Å². The van der Waals surface area contributed by atoms with Crippen molar-refractivity contribution in [3.63, 3.8) is 0 Å². The normalized spacial score (nSPS) is 11.3. The zero-order valence-electron chi connectivity index (χ0n) is 16.7. The predicted molar refractivity (Wildman–Crippen MR) is 126 cm³/mol. The summed E-state index contributed by atoms with van der Waals surface area (Å²) in [5.41, 5.74) is 3.27. The highest BCUT2D eigenvalue weighted by molar-refractivity contribution is 7.98. The minimum Gasteiger partial charge on any atom is -0.336 e. The van der Waals surface area contributed by atoms with Gasteiger partial charge in [-0.1, -0.05) is 72.3 Å². The number of hydrogen-bond donors (Lipinski definition) is 0. The minimum absolute atomic E-state index is 0.0915. The number of nitrogens with zero attached hydrogens (tertiary/aromatic N) is 2. The molecule has 3 aromatic rings. The summed E-state index contributed by atoms with van der Waals surface area (Å²) in [5, 5.41) is 2.03. The summed E-state index contributed by atoms with van der Waals surface area (Å²) in [4.78, 5) is 1.92. The van der Waals surface area contributed by atoms with Crippen molar-refractivity contribution in [2.45, 2.75) is 11.8 Å². The standard InChI is InChI=1S/C23H22ClN2O2PS/c1-3-26(2)18-19-29(21-10-6-4-7-11-21,22-12-8-5-9-13-22)25-30(27,28)23-16-14-20(24)15-17-23/h4-17H,3H2,1-2H3. The van der Waals surface area contributed by atoms with Gasteiger partial charge >= 0.3 is 0 Å². The summed E-state index contributed by atoms with van der Waals surface area (Å²) >= 11 is 5.94. The fraction of sp³-hybridized carbons (Fsp3) is 0.130. The van der Waals surface area contributed by atoms with E-state index in [-0.39, 0.29) is 4.90 Å². The maximum Gasteiger partial charge on any atom is 0.282 e. The topological polar surface area (TPSA) is 49.7 Å². The molecule has 0 radical (unpaired) electrons. The Morgan fingerprint density at radius 2 is 1.40 bits per heavy atom. The van der Waals surface area contributed by atoms with Gasteiger partial charge in [-0.2, -0.15) is 12.6 Å². The number of rotatable bonds is 5. The quantitative estimate of drug-likeness (QED) is 0.316. The van der Waals surface area contributed by atoms with Crippen LogP contribution in [-0.4, -0.2) is 26.9 Å². The molecule has 4 nitrogen and oxygen atoms in total. The summed E-state index contributed by atoms with van der Waals surface area (Å²) in [6.07, 6.45) is 0. The van der Waals surface area contributed by atoms with Crippen LogP contribution in [0.4, 0.5) is 0 Å². The van der Waals surface area contributed by atoms with Gasteiger partial charge in [-0.05, 0) is 36.9 Å². The fourth-order valence-corrected chi connectivity index (χ4v) is 8.00.